The van der Waals surface area contributed by atoms with E-state index in [4.69, 9.17) is 10.6 Å². The highest BCUT2D eigenvalue weighted by Crippen LogP contribution is 2.41. The lowest BCUT2D eigenvalue weighted by atomic mass is 10.0. The number of carboxylic acid groups (broad SMARTS) is 1. The average Bonchev–Trinajstić information content (AvgIpc) is 3.42. The van der Waals surface area contributed by atoms with Gasteiger partial charge in [0, 0.05) is 16.4 Å². The van der Waals surface area contributed by atoms with E-state index in [2.05, 4.69) is 25.7 Å². The Morgan fingerprint density at radius 1 is 1.47 bits per heavy atom. The molecule has 2 aliphatic rings. The molecule has 4 N–H and O–H groups in total. The minimum atomic E-state index is -1.19. The Morgan fingerprint density at radius 2 is 2.24 bits per heavy atom. The molecule has 0 spiro atoms. The predicted molar refractivity (Wildman–Crippen MR) is 132 cm³/mol. The van der Waals surface area contributed by atoms with Gasteiger partial charge in [0.25, 0.3) is 11.8 Å². The first-order valence-electron chi connectivity index (χ1n) is 9.26. The van der Waals surface area contributed by atoms with Gasteiger partial charge in [0.15, 0.2) is 15.2 Å². The van der Waals surface area contributed by atoms with Crippen LogP contribution in [-0.4, -0.2) is 78.7 Å². The zero-order valence-corrected chi connectivity index (χ0v) is 21.7. The second-order valence-corrected chi connectivity index (χ2v) is 11.1. The number of aliphatic carboxylic acids is 1. The van der Waals surface area contributed by atoms with Gasteiger partial charge in [0.1, 0.15) is 35.4 Å². The van der Waals surface area contributed by atoms with Crippen molar-refractivity contribution in [1.29, 1.82) is 0 Å². The monoisotopic (exact) mass is 563 g/mol. The summed E-state index contributed by atoms with van der Waals surface area (Å²) in [5, 5.41) is 23.6. The van der Waals surface area contributed by atoms with E-state index in [0.29, 0.717) is 26.3 Å². The van der Waals surface area contributed by atoms with Crippen molar-refractivity contribution in [3.63, 3.8) is 0 Å². The summed E-state index contributed by atoms with van der Waals surface area (Å²) in [6.45, 7) is 1.74. The zero-order valence-electron chi connectivity index (χ0n) is 17.6. The maximum atomic E-state index is 12.9. The van der Waals surface area contributed by atoms with E-state index < -0.39 is 29.2 Å². The number of hydrogen-bond acceptors (Lipinski definition) is 13. The topological polar surface area (TPSA) is 173 Å². The van der Waals surface area contributed by atoms with Crippen molar-refractivity contribution in [2.75, 3.05) is 24.3 Å². The van der Waals surface area contributed by atoms with E-state index in [0.717, 1.165) is 0 Å². The van der Waals surface area contributed by atoms with Crippen LogP contribution in [0.4, 0.5) is 5.13 Å². The summed E-state index contributed by atoms with van der Waals surface area (Å²) in [7, 11) is 1.29. The molecule has 1 fully saturated rings. The molecule has 2 aliphatic heterocycles. The van der Waals surface area contributed by atoms with Crippen LogP contribution in [-0.2, 0) is 19.2 Å². The fourth-order valence-corrected chi connectivity index (χ4v) is 6.96. The van der Waals surface area contributed by atoms with E-state index in [9.17, 15) is 19.5 Å². The molecule has 0 aromatic carbocycles. The molecule has 17 heteroatoms. The first kappa shape index (κ1) is 26.2. The summed E-state index contributed by atoms with van der Waals surface area (Å²) in [6, 6.07) is -0.910. The first-order valence-corrected chi connectivity index (χ1v) is 13.0. The highest BCUT2D eigenvalue weighted by atomic mass is 35.5. The van der Waals surface area contributed by atoms with Crippen LogP contribution in [0.5, 0.6) is 0 Å². The van der Waals surface area contributed by atoms with E-state index in [1.807, 2.05) is 0 Å². The molecule has 0 bridgehead atoms. The number of amides is 2. The molecule has 0 radical (unpaired) electrons. The summed E-state index contributed by atoms with van der Waals surface area (Å²) in [6.07, 6.45) is 0. The molecule has 0 aliphatic carbocycles. The van der Waals surface area contributed by atoms with E-state index in [1.54, 1.807) is 12.4 Å². The smallest absolute Gasteiger partial charge is 0.352 e. The van der Waals surface area contributed by atoms with Crippen molar-refractivity contribution in [1.82, 2.24) is 25.4 Å². The van der Waals surface area contributed by atoms with Gasteiger partial charge in [-0.3, -0.25) is 14.5 Å². The fourth-order valence-electron chi connectivity index (χ4n) is 3.30. The normalized spacial score (nSPS) is 19.8. The number of halogens is 1. The van der Waals surface area contributed by atoms with Crippen molar-refractivity contribution in [2.45, 2.75) is 22.7 Å². The number of hydrogen-bond donors (Lipinski definition) is 3. The third kappa shape index (κ3) is 5.00. The van der Waals surface area contributed by atoms with Crippen molar-refractivity contribution in [3.8, 4) is 0 Å². The maximum Gasteiger partial charge on any atom is 0.352 e. The van der Waals surface area contributed by atoms with Crippen LogP contribution in [0.15, 0.2) is 26.3 Å². The molecule has 2 aromatic rings. The second-order valence-electron chi connectivity index (χ2n) is 6.69. The molecule has 4 rings (SSSR count). The maximum absolute atomic E-state index is 12.9. The van der Waals surface area contributed by atoms with Gasteiger partial charge < -0.3 is 21.0 Å². The van der Waals surface area contributed by atoms with Crippen LogP contribution in [0.1, 0.15) is 10.6 Å². The van der Waals surface area contributed by atoms with E-state index >= 15 is 0 Å². The van der Waals surface area contributed by atoms with E-state index in [-0.39, 0.29) is 34.6 Å². The van der Waals surface area contributed by atoms with Crippen molar-refractivity contribution in [3.05, 3.63) is 27.4 Å². The zero-order chi connectivity index (χ0) is 23.7. The number of carbonyl (C=O) groups excluding carboxylic acids is 2. The van der Waals surface area contributed by atoms with Crippen LogP contribution < -0.4 is 11.1 Å². The van der Waals surface area contributed by atoms with Crippen LogP contribution in [0.2, 0.25) is 0 Å². The summed E-state index contributed by atoms with van der Waals surface area (Å²) in [5.74, 6) is -1.60. The quantitative estimate of drug-likeness (QED) is 0.182. The Labute approximate surface area is 215 Å². The number of rotatable bonds is 8. The third-order valence-corrected chi connectivity index (χ3v) is 8.77. The number of anilines is 1. The molecular weight excluding hydrogens is 546 g/mol. The lowest BCUT2D eigenvalue weighted by Gasteiger charge is -2.49. The predicted octanol–water partition coefficient (Wildman–Crippen LogP) is 1.19. The Hall–Kier alpha value is -2.40. The van der Waals surface area contributed by atoms with Gasteiger partial charge in [-0.05, 0) is 12.5 Å². The molecule has 34 heavy (non-hydrogen) atoms. The molecule has 0 saturated carbocycles. The highest BCUT2D eigenvalue weighted by molar-refractivity contribution is 8.01. The second kappa shape index (κ2) is 10.9. The molecule has 2 atom stereocenters. The lowest BCUT2D eigenvalue weighted by molar-refractivity contribution is -0.150. The summed E-state index contributed by atoms with van der Waals surface area (Å²) in [4.78, 5) is 48.6. The molecule has 1 saturated heterocycles. The summed E-state index contributed by atoms with van der Waals surface area (Å²) < 4.78 is 0.711. The highest BCUT2D eigenvalue weighted by Gasteiger charge is 2.54. The third-order valence-electron chi connectivity index (χ3n) is 4.68. The number of nitrogens with two attached hydrogens (primary N) is 1. The van der Waals surface area contributed by atoms with Gasteiger partial charge in [-0.25, -0.2) is 9.78 Å². The van der Waals surface area contributed by atoms with Crippen LogP contribution >= 0.6 is 58.6 Å². The number of aromatic nitrogens is 3. The summed E-state index contributed by atoms with van der Waals surface area (Å²) >= 11 is 5.29. The molecule has 2 aromatic heterocycles. The van der Waals surface area contributed by atoms with Gasteiger partial charge in [-0.15, -0.1) is 45.7 Å². The fraction of sp³-hybridized carbons (Fsp3) is 0.353. The van der Waals surface area contributed by atoms with Gasteiger partial charge in [-0.2, -0.15) is 0 Å². The van der Waals surface area contributed by atoms with Crippen LogP contribution in [0, 0.1) is 6.92 Å². The Morgan fingerprint density at radius 3 is 2.82 bits per heavy atom. The standard InChI is InChI=1S/C17H17N7O5S4.ClH/c1-6-8(21-16(18)33-6)9(23-29-2)12(25)20-10-13(26)24-11(15(27)28)7(3-30-14(10)24)4-31-17-22-19-5-32-17;/h5,10,14H,3-4H2,1-2H3,(H2,18,21)(H,20,25)(H,27,28);1H/b23-9+;. The van der Waals surface area contributed by atoms with Crippen molar-refractivity contribution < 1.29 is 24.3 Å². The number of thioether (sulfide) groups is 2. The van der Waals surface area contributed by atoms with E-state index in [1.165, 1.54) is 58.2 Å². The number of nitrogens with one attached hydrogen (secondary N) is 1. The van der Waals surface area contributed by atoms with Gasteiger partial charge in [0.05, 0.1) is 0 Å². The van der Waals surface area contributed by atoms with Gasteiger partial charge in [0.2, 0.25) is 0 Å². The number of fused-ring (bicyclic) bond motifs is 1. The number of carbonyl (C=O) groups is 3. The SMILES string of the molecule is CO/N=C(/C(=O)NC1C(=O)N2C(C(=O)O)=C(CSc3nncs3)CSC12)c1nc(N)sc1C.Cl. The number of nitrogens with zero attached hydrogens (tertiary/aromatic N) is 5. The molecule has 12 nitrogen and oxygen atoms in total. The Bertz CT molecular complexity index is 1170. The number of aryl methyl sites for hydroxylation is 1. The molecular formula is C17H18ClN7O5S4. The number of oxime groups is 1. The largest absolute Gasteiger partial charge is 0.477 e. The number of thiazole rings is 1. The molecule has 2 unspecified atom stereocenters. The molecule has 2 amide bonds. The number of nitrogen functional groups attached to an aromatic ring is 1. The first-order chi connectivity index (χ1) is 15.8. The minimum absolute atomic E-state index is 0. The van der Waals surface area contributed by atoms with Crippen molar-refractivity contribution in [2.24, 2.45) is 5.16 Å². The molecule has 182 valence electrons. The number of carboxylic acids is 1. The van der Waals surface area contributed by atoms with Gasteiger partial charge in [-0.1, -0.05) is 28.3 Å². The molecule has 4 heterocycles. The van der Waals surface area contributed by atoms with Crippen LogP contribution in [0.3, 0.4) is 0 Å². The van der Waals surface area contributed by atoms with Gasteiger partial charge >= 0.3 is 5.97 Å². The average molecular weight is 564 g/mol. The number of β-lactam (4-membered cyclic amide) rings is 1. The lowest BCUT2D eigenvalue weighted by Crippen LogP contribution is -2.71. The Balaban J connectivity index is 0.00000324. The van der Waals surface area contributed by atoms with Crippen LogP contribution in [0.25, 0.3) is 0 Å². The summed E-state index contributed by atoms with van der Waals surface area (Å²) in [5.41, 5.74) is 8.02. The minimum Gasteiger partial charge on any atom is -0.477 e. The Kier molecular flexibility index (Phi) is 8.40. The van der Waals surface area contributed by atoms with Crippen molar-refractivity contribution >= 4 is 87.2 Å².